The molecule has 106 valence electrons. The first-order chi connectivity index (χ1) is 8.47. The Morgan fingerprint density at radius 2 is 1.83 bits per heavy atom. The molecule has 0 saturated carbocycles. The lowest BCUT2D eigenvalue weighted by molar-refractivity contribution is 0.0528. The Kier molecular flexibility index (Phi) is 6.43. The van der Waals surface area contributed by atoms with Gasteiger partial charge in [-0.25, -0.2) is 4.79 Å². The summed E-state index contributed by atoms with van der Waals surface area (Å²) >= 11 is 0. The molecule has 0 aromatic carbocycles. The summed E-state index contributed by atoms with van der Waals surface area (Å²) in [6.07, 6.45) is 2.32. The predicted octanol–water partition coefficient (Wildman–Crippen LogP) is 1.20. The topological polar surface area (TPSA) is 53.6 Å². The Morgan fingerprint density at radius 1 is 1.17 bits per heavy atom. The minimum atomic E-state index is -0.423. The summed E-state index contributed by atoms with van der Waals surface area (Å²) in [5, 5.41) is 6.05. The first-order valence-electron chi connectivity index (χ1n) is 6.87. The van der Waals surface area contributed by atoms with Gasteiger partial charge >= 0.3 is 6.09 Å². The Bertz CT molecular complexity index is 245. The molecule has 0 bridgehead atoms. The Hall–Kier alpha value is -0.810. The van der Waals surface area contributed by atoms with Crippen LogP contribution in [0.1, 0.15) is 33.6 Å². The lowest BCUT2D eigenvalue weighted by Gasteiger charge is -2.19. The van der Waals surface area contributed by atoms with Gasteiger partial charge in [-0.1, -0.05) is 0 Å². The lowest BCUT2D eigenvalue weighted by Crippen LogP contribution is -2.38. The van der Waals surface area contributed by atoms with Gasteiger partial charge in [-0.05, 0) is 46.7 Å². The van der Waals surface area contributed by atoms with Crippen LogP contribution in [0, 0.1) is 0 Å². The third-order valence-corrected chi connectivity index (χ3v) is 2.77. The van der Waals surface area contributed by atoms with Crippen molar-refractivity contribution in [2.24, 2.45) is 0 Å². The first-order valence-corrected chi connectivity index (χ1v) is 6.87. The van der Waals surface area contributed by atoms with E-state index < -0.39 is 5.60 Å². The molecule has 1 aliphatic heterocycles. The van der Waals surface area contributed by atoms with Gasteiger partial charge in [0.05, 0.1) is 0 Å². The van der Waals surface area contributed by atoms with E-state index in [1.807, 2.05) is 20.8 Å². The number of rotatable bonds is 6. The minimum absolute atomic E-state index is 0.344. The number of hydrogen-bond acceptors (Lipinski definition) is 4. The zero-order chi connectivity index (χ0) is 13.4. The van der Waals surface area contributed by atoms with Crippen molar-refractivity contribution in [3.05, 3.63) is 0 Å². The summed E-state index contributed by atoms with van der Waals surface area (Å²) in [4.78, 5) is 13.8. The van der Waals surface area contributed by atoms with E-state index in [2.05, 4.69) is 15.5 Å². The van der Waals surface area contributed by atoms with Gasteiger partial charge in [0.25, 0.3) is 0 Å². The Labute approximate surface area is 110 Å². The molecule has 1 fully saturated rings. The van der Waals surface area contributed by atoms with Crippen molar-refractivity contribution in [1.29, 1.82) is 0 Å². The average molecular weight is 257 g/mol. The van der Waals surface area contributed by atoms with Crippen LogP contribution in [0.2, 0.25) is 0 Å². The van der Waals surface area contributed by atoms with Crippen molar-refractivity contribution >= 4 is 6.09 Å². The fourth-order valence-electron chi connectivity index (χ4n) is 1.94. The van der Waals surface area contributed by atoms with Gasteiger partial charge in [-0.2, -0.15) is 0 Å². The number of carbonyl (C=O) groups is 1. The van der Waals surface area contributed by atoms with Crippen LogP contribution in [-0.2, 0) is 4.74 Å². The summed E-state index contributed by atoms with van der Waals surface area (Å²) in [6, 6.07) is 0. The van der Waals surface area contributed by atoms with Gasteiger partial charge in [-0.15, -0.1) is 0 Å². The highest BCUT2D eigenvalue weighted by Gasteiger charge is 2.15. The Morgan fingerprint density at radius 3 is 2.44 bits per heavy atom. The molecule has 0 radical (unpaired) electrons. The standard InChI is InChI=1S/C13H27N3O2/c1-13(2,3)18-12(17)15-7-6-14-8-11-16-9-4-5-10-16/h14H,4-11H2,1-3H3,(H,15,17). The number of amides is 1. The van der Waals surface area contributed by atoms with Gasteiger partial charge in [0, 0.05) is 26.2 Å². The number of alkyl carbamates (subject to hydrolysis) is 1. The third-order valence-electron chi connectivity index (χ3n) is 2.77. The van der Waals surface area contributed by atoms with Crippen LogP contribution in [-0.4, -0.2) is 55.9 Å². The Balaban J connectivity index is 1.90. The van der Waals surface area contributed by atoms with Crippen LogP contribution < -0.4 is 10.6 Å². The largest absolute Gasteiger partial charge is 0.444 e. The highest BCUT2D eigenvalue weighted by molar-refractivity contribution is 5.67. The third kappa shape index (κ3) is 7.50. The highest BCUT2D eigenvalue weighted by atomic mass is 16.6. The zero-order valence-electron chi connectivity index (χ0n) is 11.9. The molecule has 5 nitrogen and oxygen atoms in total. The average Bonchev–Trinajstić information content (AvgIpc) is 2.73. The summed E-state index contributed by atoms with van der Waals surface area (Å²) in [7, 11) is 0. The van der Waals surface area contributed by atoms with Crippen molar-refractivity contribution < 1.29 is 9.53 Å². The van der Waals surface area contributed by atoms with E-state index in [-0.39, 0.29) is 6.09 Å². The molecule has 0 aliphatic carbocycles. The smallest absolute Gasteiger partial charge is 0.407 e. The lowest BCUT2D eigenvalue weighted by atomic mass is 10.2. The van der Waals surface area contributed by atoms with Gasteiger partial charge in [0.1, 0.15) is 5.60 Å². The molecule has 5 heteroatoms. The number of nitrogens with zero attached hydrogens (tertiary/aromatic N) is 1. The quantitative estimate of drug-likeness (QED) is 0.702. The monoisotopic (exact) mass is 257 g/mol. The van der Waals surface area contributed by atoms with E-state index in [0.717, 1.165) is 19.6 Å². The molecule has 0 atom stereocenters. The van der Waals surface area contributed by atoms with Crippen LogP contribution in [0.4, 0.5) is 4.79 Å². The minimum Gasteiger partial charge on any atom is -0.444 e. The van der Waals surface area contributed by atoms with Crippen molar-refractivity contribution in [2.45, 2.75) is 39.2 Å². The van der Waals surface area contributed by atoms with E-state index in [4.69, 9.17) is 4.74 Å². The van der Waals surface area contributed by atoms with Gasteiger partial charge in [-0.3, -0.25) is 0 Å². The van der Waals surface area contributed by atoms with Crippen LogP contribution in [0.3, 0.4) is 0 Å². The van der Waals surface area contributed by atoms with Gasteiger partial charge < -0.3 is 20.3 Å². The molecule has 0 aromatic heterocycles. The number of likely N-dealkylation sites (tertiary alicyclic amines) is 1. The number of hydrogen-bond donors (Lipinski definition) is 2. The first kappa shape index (κ1) is 15.2. The fourth-order valence-corrected chi connectivity index (χ4v) is 1.94. The van der Waals surface area contributed by atoms with Gasteiger partial charge in [0.15, 0.2) is 0 Å². The second kappa shape index (κ2) is 7.59. The summed E-state index contributed by atoms with van der Waals surface area (Å²) in [5.41, 5.74) is -0.423. The molecule has 0 unspecified atom stereocenters. The van der Waals surface area contributed by atoms with E-state index in [9.17, 15) is 4.79 Å². The van der Waals surface area contributed by atoms with Crippen molar-refractivity contribution in [3.8, 4) is 0 Å². The van der Waals surface area contributed by atoms with E-state index in [1.165, 1.54) is 25.9 Å². The molecule has 18 heavy (non-hydrogen) atoms. The van der Waals surface area contributed by atoms with Crippen molar-refractivity contribution in [1.82, 2.24) is 15.5 Å². The number of carbonyl (C=O) groups excluding carboxylic acids is 1. The molecule has 1 rings (SSSR count). The molecular formula is C13H27N3O2. The molecule has 1 heterocycles. The molecule has 0 spiro atoms. The zero-order valence-corrected chi connectivity index (χ0v) is 11.9. The van der Waals surface area contributed by atoms with Crippen LogP contribution >= 0.6 is 0 Å². The maximum Gasteiger partial charge on any atom is 0.407 e. The normalized spacial score (nSPS) is 16.8. The summed E-state index contributed by atoms with van der Waals surface area (Å²) < 4.78 is 5.14. The molecule has 1 aliphatic rings. The van der Waals surface area contributed by atoms with Crippen LogP contribution in [0.5, 0.6) is 0 Å². The summed E-state index contributed by atoms with van der Waals surface area (Å²) in [5.74, 6) is 0. The highest BCUT2D eigenvalue weighted by Crippen LogP contribution is 2.06. The summed E-state index contributed by atoms with van der Waals surface area (Å²) in [6.45, 7) is 11.5. The van der Waals surface area contributed by atoms with E-state index in [0.29, 0.717) is 6.54 Å². The van der Waals surface area contributed by atoms with Crippen molar-refractivity contribution in [3.63, 3.8) is 0 Å². The fraction of sp³-hybridized carbons (Fsp3) is 0.923. The molecule has 1 saturated heterocycles. The second-order valence-corrected chi connectivity index (χ2v) is 5.73. The maximum absolute atomic E-state index is 11.3. The number of ether oxygens (including phenoxy) is 1. The predicted molar refractivity (Wildman–Crippen MR) is 72.8 cm³/mol. The van der Waals surface area contributed by atoms with E-state index >= 15 is 0 Å². The second-order valence-electron chi connectivity index (χ2n) is 5.73. The van der Waals surface area contributed by atoms with Gasteiger partial charge in [0.2, 0.25) is 0 Å². The molecular weight excluding hydrogens is 230 g/mol. The maximum atomic E-state index is 11.3. The molecule has 2 N–H and O–H groups in total. The van der Waals surface area contributed by atoms with Crippen LogP contribution in [0.25, 0.3) is 0 Å². The van der Waals surface area contributed by atoms with Crippen molar-refractivity contribution in [2.75, 3.05) is 39.3 Å². The molecule has 0 aromatic rings. The van der Waals surface area contributed by atoms with E-state index in [1.54, 1.807) is 0 Å². The number of nitrogens with one attached hydrogen (secondary N) is 2. The van der Waals surface area contributed by atoms with Crippen LogP contribution in [0.15, 0.2) is 0 Å². The molecule has 1 amide bonds. The SMILES string of the molecule is CC(C)(C)OC(=O)NCCNCCN1CCCC1.